The van der Waals surface area contributed by atoms with Gasteiger partial charge in [0, 0.05) is 41.1 Å². The van der Waals surface area contributed by atoms with Gasteiger partial charge >= 0.3 is 0 Å². The van der Waals surface area contributed by atoms with E-state index >= 15 is 0 Å². The highest BCUT2D eigenvalue weighted by molar-refractivity contribution is 7.14. The second-order valence-electron chi connectivity index (χ2n) is 11.3. The number of carbonyl (C=O) groups is 2. The number of anilines is 1. The van der Waals surface area contributed by atoms with Gasteiger partial charge in [-0.3, -0.25) is 14.9 Å². The first-order valence-corrected chi connectivity index (χ1v) is 13.1. The molecule has 0 spiro atoms. The molecule has 0 unspecified atom stereocenters. The molecule has 2 aromatic rings. The minimum Gasteiger partial charge on any atom is -0.342 e. The fourth-order valence-electron chi connectivity index (χ4n) is 4.76. The Morgan fingerprint density at radius 3 is 2.19 bits per heavy atom. The molecular weight excluding hydrogens is 440 g/mol. The van der Waals surface area contributed by atoms with Crippen LogP contribution in [0.1, 0.15) is 88.4 Å². The SMILES string of the molecule is CC(C)(C)c1csc(NC(=O)c2csc(C3CCN(C(=O)C4C(C)(C)C4(C)C)CC3)n2)n1. The Bertz CT molecular complexity index is 1010. The van der Waals surface area contributed by atoms with Crippen LogP contribution < -0.4 is 5.32 Å². The first kappa shape index (κ1) is 23.4. The van der Waals surface area contributed by atoms with E-state index < -0.39 is 0 Å². The Morgan fingerprint density at radius 1 is 1.03 bits per heavy atom. The highest BCUT2D eigenvalue weighted by Gasteiger charge is 2.68. The van der Waals surface area contributed by atoms with Crippen molar-refractivity contribution >= 4 is 39.6 Å². The molecule has 1 saturated carbocycles. The maximum absolute atomic E-state index is 13.0. The van der Waals surface area contributed by atoms with Crippen LogP contribution >= 0.6 is 22.7 Å². The number of carbonyl (C=O) groups excluding carboxylic acids is 2. The van der Waals surface area contributed by atoms with Gasteiger partial charge in [0.25, 0.3) is 5.91 Å². The van der Waals surface area contributed by atoms with Crippen molar-refractivity contribution in [1.29, 1.82) is 0 Å². The number of nitrogens with one attached hydrogen (secondary N) is 1. The fraction of sp³-hybridized carbons (Fsp3) is 0.667. The van der Waals surface area contributed by atoms with E-state index in [0.29, 0.717) is 22.7 Å². The van der Waals surface area contributed by atoms with E-state index in [1.807, 2.05) is 15.7 Å². The van der Waals surface area contributed by atoms with Gasteiger partial charge in [0.05, 0.1) is 10.7 Å². The van der Waals surface area contributed by atoms with Crippen molar-refractivity contribution in [3.05, 3.63) is 27.2 Å². The number of hydrogen-bond acceptors (Lipinski definition) is 6. The summed E-state index contributed by atoms with van der Waals surface area (Å²) >= 11 is 2.98. The van der Waals surface area contributed by atoms with Gasteiger partial charge in [0.2, 0.25) is 5.91 Å². The normalized spacial score (nSPS) is 20.9. The van der Waals surface area contributed by atoms with Crippen molar-refractivity contribution < 1.29 is 9.59 Å². The van der Waals surface area contributed by atoms with Gasteiger partial charge in [0.15, 0.2) is 5.13 Å². The molecule has 174 valence electrons. The maximum Gasteiger partial charge on any atom is 0.276 e. The number of likely N-dealkylation sites (tertiary alicyclic amines) is 1. The third-order valence-electron chi connectivity index (χ3n) is 7.67. The predicted octanol–water partition coefficient (Wildman–Crippen LogP) is 5.54. The molecule has 0 radical (unpaired) electrons. The molecule has 1 aliphatic heterocycles. The van der Waals surface area contributed by atoms with Crippen molar-refractivity contribution in [2.75, 3.05) is 18.4 Å². The smallest absolute Gasteiger partial charge is 0.276 e. The summed E-state index contributed by atoms with van der Waals surface area (Å²) in [6.07, 6.45) is 1.80. The van der Waals surface area contributed by atoms with Crippen molar-refractivity contribution in [3.8, 4) is 0 Å². The molecule has 32 heavy (non-hydrogen) atoms. The Labute approximate surface area is 198 Å². The molecule has 1 saturated heterocycles. The number of hydrogen-bond donors (Lipinski definition) is 1. The molecule has 4 rings (SSSR count). The summed E-state index contributed by atoms with van der Waals surface area (Å²) in [5.74, 6) is 0.508. The van der Waals surface area contributed by atoms with Crippen LogP contribution in [0.3, 0.4) is 0 Å². The lowest BCUT2D eigenvalue weighted by Crippen LogP contribution is -2.39. The fourth-order valence-corrected chi connectivity index (χ4v) is 6.66. The zero-order valence-corrected chi connectivity index (χ0v) is 21.7. The van der Waals surface area contributed by atoms with Gasteiger partial charge in [0.1, 0.15) is 5.69 Å². The van der Waals surface area contributed by atoms with Crippen molar-refractivity contribution in [3.63, 3.8) is 0 Å². The van der Waals surface area contributed by atoms with E-state index in [1.165, 1.54) is 22.7 Å². The van der Waals surface area contributed by atoms with Crippen molar-refractivity contribution in [1.82, 2.24) is 14.9 Å². The lowest BCUT2D eigenvalue weighted by molar-refractivity contribution is -0.134. The second kappa shape index (κ2) is 7.90. The summed E-state index contributed by atoms with van der Waals surface area (Å²) in [4.78, 5) is 36.9. The van der Waals surface area contributed by atoms with Crippen LogP contribution in [-0.4, -0.2) is 39.8 Å². The largest absolute Gasteiger partial charge is 0.342 e. The first-order chi connectivity index (χ1) is 14.8. The molecular formula is C24H34N4O2S2. The molecule has 3 heterocycles. The van der Waals surface area contributed by atoms with Gasteiger partial charge in [-0.05, 0) is 23.7 Å². The third kappa shape index (κ3) is 4.12. The summed E-state index contributed by atoms with van der Waals surface area (Å²) in [6.45, 7) is 16.6. The summed E-state index contributed by atoms with van der Waals surface area (Å²) in [7, 11) is 0. The molecule has 0 atom stereocenters. The molecule has 1 N–H and O–H groups in total. The highest BCUT2D eigenvalue weighted by atomic mass is 32.1. The van der Waals surface area contributed by atoms with Crippen LogP contribution in [0.25, 0.3) is 0 Å². The van der Waals surface area contributed by atoms with E-state index in [0.717, 1.165) is 36.6 Å². The number of rotatable bonds is 4. The minimum atomic E-state index is -0.215. The predicted molar refractivity (Wildman–Crippen MR) is 130 cm³/mol. The van der Waals surface area contributed by atoms with E-state index in [-0.39, 0.29) is 28.1 Å². The maximum atomic E-state index is 13.0. The van der Waals surface area contributed by atoms with Gasteiger partial charge < -0.3 is 4.90 Å². The monoisotopic (exact) mass is 474 g/mol. The van der Waals surface area contributed by atoms with Crippen LogP contribution in [0.4, 0.5) is 5.13 Å². The molecule has 0 aromatic carbocycles. The minimum absolute atomic E-state index is 0.0471. The van der Waals surface area contributed by atoms with Crippen LogP contribution in [0, 0.1) is 16.7 Å². The molecule has 2 fully saturated rings. The standard InChI is InChI=1S/C24H34N4O2S2/c1-22(2,3)16-13-32-21(26-16)27-18(29)15-12-31-19(25-15)14-8-10-28(11-9-14)20(30)17-23(4,5)24(17,6)7/h12-14,17H,8-11H2,1-7H3,(H,26,27,29). The molecule has 8 heteroatoms. The van der Waals surface area contributed by atoms with Gasteiger partial charge in [-0.2, -0.15) is 0 Å². The molecule has 2 aromatic heterocycles. The van der Waals surface area contributed by atoms with Gasteiger partial charge in [-0.1, -0.05) is 48.5 Å². The van der Waals surface area contributed by atoms with E-state index in [9.17, 15) is 9.59 Å². The van der Waals surface area contributed by atoms with Crippen molar-refractivity contribution in [2.24, 2.45) is 16.7 Å². The zero-order valence-electron chi connectivity index (χ0n) is 20.1. The topological polar surface area (TPSA) is 75.2 Å². The van der Waals surface area contributed by atoms with Crippen LogP contribution in [0.5, 0.6) is 0 Å². The summed E-state index contributed by atoms with van der Waals surface area (Å²) in [6, 6.07) is 0. The highest BCUT2D eigenvalue weighted by Crippen LogP contribution is 2.68. The summed E-state index contributed by atoms with van der Waals surface area (Å²) in [5.41, 5.74) is 1.51. The van der Waals surface area contributed by atoms with Gasteiger partial charge in [-0.15, -0.1) is 22.7 Å². The number of piperidine rings is 1. The van der Waals surface area contributed by atoms with Gasteiger partial charge in [-0.25, -0.2) is 9.97 Å². The Hall–Kier alpha value is -1.80. The summed E-state index contributed by atoms with van der Waals surface area (Å²) in [5, 5.41) is 8.29. The average molecular weight is 475 g/mol. The first-order valence-electron chi connectivity index (χ1n) is 11.3. The molecule has 2 aliphatic rings. The van der Waals surface area contributed by atoms with E-state index in [1.54, 1.807) is 0 Å². The Balaban J connectivity index is 1.33. The van der Waals surface area contributed by atoms with Crippen LogP contribution in [-0.2, 0) is 10.2 Å². The van der Waals surface area contributed by atoms with Crippen LogP contribution in [0.15, 0.2) is 10.8 Å². The average Bonchev–Trinajstić information content (AvgIpc) is 3.21. The molecule has 1 aliphatic carbocycles. The molecule has 0 bridgehead atoms. The lowest BCUT2D eigenvalue weighted by Gasteiger charge is -2.31. The number of nitrogens with zero attached hydrogens (tertiary/aromatic N) is 3. The van der Waals surface area contributed by atoms with E-state index in [4.69, 9.17) is 0 Å². The third-order valence-corrected chi connectivity index (χ3v) is 9.44. The van der Waals surface area contributed by atoms with E-state index in [2.05, 4.69) is 63.8 Å². The summed E-state index contributed by atoms with van der Waals surface area (Å²) < 4.78 is 0. The molecule has 2 amide bonds. The number of thiazole rings is 2. The van der Waals surface area contributed by atoms with Crippen molar-refractivity contribution in [2.45, 2.75) is 72.6 Å². The quantitative estimate of drug-likeness (QED) is 0.631. The number of amides is 2. The number of aromatic nitrogens is 2. The zero-order chi connectivity index (χ0) is 23.5. The Morgan fingerprint density at radius 2 is 1.66 bits per heavy atom. The lowest BCUT2D eigenvalue weighted by atomic mass is 9.93. The molecule has 6 nitrogen and oxygen atoms in total. The second-order valence-corrected chi connectivity index (χ2v) is 13.0. The Kier molecular flexibility index (Phi) is 5.77. The van der Waals surface area contributed by atoms with Crippen LogP contribution in [0.2, 0.25) is 0 Å².